The molecule has 1 aromatic carbocycles. The number of rotatable bonds is 1. The van der Waals surface area contributed by atoms with Gasteiger partial charge in [0.2, 0.25) is 0 Å². The minimum atomic E-state index is 0.406. The van der Waals surface area contributed by atoms with E-state index in [1.807, 2.05) is 0 Å². The van der Waals surface area contributed by atoms with Gasteiger partial charge in [-0.15, -0.1) is 0 Å². The first-order chi connectivity index (χ1) is 6.72. The van der Waals surface area contributed by atoms with Crippen LogP contribution in [-0.2, 0) is 5.41 Å². The molecule has 1 aliphatic carbocycles. The molecule has 0 spiro atoms. The summed E-state index contributed by atoms with van der Waals surface area (Å²) >= 11 is 0. The fourth-order valence-corrected chi connectivity index (χ4v) is 2.75. The van der Waals surface area contributed by atoms with E-state index in [1.54, 1.807) is 0 Å². The van der Waals surface area contributed by atoms with Crippen molar-refractivity contribution in [3.05, 3.63) is 35.4 Å². The van der Waals surface area contributed by atoms with Crippen molar-refractivity contribution in [2.75, 3.05) is 0 Å². The largest absolute Gasteiger partial charge is 0.0614 e. The van der Waals surface area contributed by atoms with Crippen molar-refractivity contribution in [3.63, 3.8) is 0 Å². The van der Waals surface area contributed by atoms with Gasteiger partial charge < -0.3 is 0 Å². The van der Waals surface area contributed by atoms with Crippen LogP contribution in [0.1, 0.15) is 50.2 Å². The molecule has 0 heterocycles. The van der Waals surface area contributed by atoms with E-state index in [0.717, 1.165) is 0 Å². The highest BCUT2D eigenvalue weighted by molar-refractivity contribution is 5.32. The Morgan fingerprint density at radius 3 is 2.57 bits per heavy atom. The van der Waals surface area contributed by atoms with Gasteiger partial charge in [-0.2, -0.15) is 0 Å². The summed E-state index contributed by atoms with van der Waals surface area (Å²) in [6, 6.07) is 9.81. The molecule has 0 atom stereocenters. The summed E-state index contributed by atoms with van der Waals surface area (Å²) in [6.07, 6.45) is 6.88. The zero-order valence-corrected chi connectivity index (χ0v) is 9.27. The lowest BCUT2D eigenvalue weighted by molar-refractivity contribution is 0.318. The summed E-state index contributed by atoms with van der Waals surface area (Å²) in [7, 11) is 0. The van der Waals surface area contributed by atoms with Gasteiger partial charge in [0, 0.05) is 0 Å². The van der Waals surface area contributed by atoms with Crippen molar-refractivity contribution in [1.82, 2.24) is 0 Å². The van der Waals surface area contributed by atoms with Crippen LogP contribution in [0.3, 0.4) is 0 Å². The maximum absolute atomic E-state index is 3.45. The highest BCUT2D eigenvalue weighted by atomic mass is 14.3. The highest BCUT2D eigenvalue weighted by Crippen LogP contribution is 2.39. The van der Waals surface area contributed by atoms with Crippen molar-refractivity contribution in [2.45, 2.75) is 51.4 Å². The molecule has 0 aliphatic heterocycles. The van der Waals surface area contributed by atoms with E-state index >= 15 is 0 Å². The van der Waals surface area contributed by atoms with Gasteiger partial charge in [-0.05, 0) is 42.4 Å². The minimum Gasteiger partial charge on any atom is -0.0614 e. The molecule has 1 fully saturated rings. The Kier molecular flexibility index (Phi) is 2.62. The van der Waals surface area contributed by atoms with Crippen LogP contribution in [0.2, 0.25) is 0 Å². The van der Waals surface area contributed by atoms with Gasteiger partial charge in [-0.25, -0.2) is 0 Å². The van der Waals surface area contributed by atoms with Crippen molar-refractivity contribution in [2.24, 2.45) is 0 Å². The zero-order chi connectivity index (χ0) is 10.0. The van der Waals surface area contributed by atoms with Crippen LogP contribution in [-0.4, -0.2) is 0 Å². The monoisotopic (exact) mass is 187 g/mol. The first-order valence-corrected chi connectivity index (χ1v) is 5.70. The Labute approximate surface area is 87.3 Å². The minimum absolute atomic E-state index is 0.406. The summed E-state index contributed by atoms with van der Waals surface area (Å²) in [5, 5.41) is 0. The Balaban J connectivity index is 2.32. The number of hydrogen-bond donors (Lipinski definition) is 0. The number of hydrogen-bond acceptors (Lipinski definition) is 0. The molecule has 0 aromatic heterocycles. The van der Waals surface area contributed by atoms with Gasteiger partial charge in [0.05, 0.1) is 0 Å². The summed E-state index contributed by atoms with van der Waals surface area (Å²) in [5.41, 5.74) is 3.28. The van der Waals surface area contributed by atoms with E-state index in [-0.39, 0.29) is 0 Å². The number of aryl methyl sites for hydroxylation is 1. The molecule has 75 valence electrons. The van der Waals surface area contributed by atoms with Gasteiger partial charge in [-0.1, -0.05) is 44.4 Å². The van der Waals surface area contributed by atoms with Gasteiger partial charge in [0.25, 0.3) is 0 Å². The third-order valence-corrected chi connectivity index (χ3v) is 3.63. The fourth-order valence-electron chi connectivity index (χ4n) is 2.75. The van der Waals surface area contributed by atoms with Gasteiger partial charge in [-0.3, -0.25) is 0 Å². The van der Waals surface area contributed by atoms with E-state index in [4.69, 9.17) is 0 Å². The maximum Gasteiger partial charge on any atom is -0.00665 e. The lowest BCUT2D eigenvalue weighted by Gasteiger charge is -2.35. The quantitative estimate of drug-likeness (QED) is 0.623. The molecule has 1 aliphatic rings. The Morgan fingerprint density at radius 2 is 1.93 bits per heavy atom. The summed E-state index contributed by atoms with van der Waals surface area (Å²) in [6.45, 7) is 4.62. The first kappa shape index (κ1) is 9.76. The second-order valence-electron chi connectivity index (χ2n) is 4.85. The molecule has 1 aromatic rings. The fraction of sp³-hybridized carbons (Fsp3) is 0.571. The van der Waals surface area contributed by atoms with Crippen molar-refractivity contribution in [3.8, 4) is 0 Å². The van der Waals surface area contributed by atoms with Crippen molar-refractivity contribution >= 4 is 0 Å². The molecule has 0 saturated heterocycles. The second-order valence-corrected chi connectivity index (χ2v) is 4.85. The molecular weight excluding hydrogens is 168 g/mol. The molecule has 2 rings (SSSR count). The first-order valence-electron chi connectivity index (χ1n) is 5.70. The molecular formula is C14H19. The average Bonchev–Trinajstić information content (AvgIpc) is 2.19. The van der Waals surface area contributed by atoms with E-state index in [0.29, 0.717) is 5.41 Å². The van der Waals surface area contributed by atoms with Crippen LogP contribution in [0.25, 0.3) is 0 Å². The van der Waals surface area contributed by atoms with E-state index in [1.165, 1.54) is 43.2 Å². The molecule has 14 heavy (non-hydrogen) atoms. The predicted octanol–water partition coefficient (Wildman–Crippen LogP) is 4.02. The molecule has 1 radical (unpaired) electrons. The van der Waals surface area contributed by atoms with Gasteiger partial charge in [0.1, 0.15) is 0 Å². The highest BCUT2D eigenvalue weighted by Gasteiger charge is 2.29. The molecule has 0 nitrogen and oxygen atoms in total. The topological polar surface area (TPSA) is 0 Å². The number of benzene rings is 1. The van der Waals surface area contributed by atoms with Crippen LogP contribution in [0, 0.1) is 13.0 Å². The molecule has 0 N–H and O–H groups in total. The van der Waals surface area contributed by atoms with Gasteiger partial charge >= 0.3 is 0 Å². The third-order valence-electron chi connectivity index (χ3n) is 3.63. The van der Waals surface area contributed by atoms with E-state index in [9.17, 15) is 0 Å². The average molecular weight is 187 g/mol. The lowest BCUT2D eigenvalue weighted by Crippen LogP contribution is -2.26. The zero-order valence-electron chi connectivity index (χ0n) is 9.27. The SMILES string of the molecule is Cc1ccc[c]c1C1(C)CCCCC1. The van der Waals surface area contributed by atoms with Crippen LogP contribution < -0.4 is 0 Å². The lowest BCUT2D eigenvalue weighted by atomic mass is 9.70. The Morgan fingerprint density at radius 1 is 1.21 bits per heavy atom. The molecule has 0 bridgehead atoms. The molecule has 1 saturated carbocycles. The van der Waals surface area contributed by atoms with Crippen LogP contribution >= 0.6 is 0 Å². The predicted molar refractivity (Wildman–Crippen MR) is 60.5 cm³/mol. The standard InChI is InChI=1S/C14H19/c1-12-8-4-5-9-13(12)14(2)10-6-3-7-11-14/h4-5,8H,3,6-7,10-11H2,1-2H3. The van der Waals surface area contributed by atoms with Crippen LogP contribution in [0.15, 0.2) is 18.2 Å². The summed E-state index contributed by atoms with van der Waals surface area (Å²) in [5.74, 6) is 0. The second kappa shape index (κ2) is 3.76. The van der Waals surface area contributed by atoms with E-state index < -0.39 is 0 Å². The Hall–Kier alpha value is -0.780. The van der Waals surface area contributed by atoms with Crippen molar-refractivity contribution < 1.29 is 0 Å². The molecule has 0 heteroatoms. The summed E-state index contributed by atoms with van der Waals surface area (Å²) in [4.78, 5) is 0. The van der Waals surface area contributed by atoms with Gasteiger partial charge in [0.15, 0.2) is 0 Å². The smallest absolute Gasteiger partial charge is 0.00665 e. The molecule has 0 unspecified atom stereocenters. The van der Waals surface area contributed by atoms with Crippen LogP contribution in [0.4, 0.5) is 0 Å². The van der Waals surface area contributed by atoms with Crippen LogP contribution in [0.5, 0.6) is 0 Å². The normalized spacial score (nSPS) is 20.7. The third kappa shape index (κ3) is 1.70. The Bertz CT molecular complexity index is 306. The van der Waals surface area contributed by atoms with E-state index in [2.05, 4.69) is 38.1 Å². The summed E-state index contributed by atoms with van der Waals surface area (Å²) < 4.78 is 0. The molecule has 0 amide bonds. The maximum atomic E-state index is 3.45. The van der Waals surface area contributed by atoms with Crippen molar-refractivity contribution in [1.29, 1.82) is 0 Å².